The number of hydrogen-bond acceptors (Lipinski definition) is 5. The van der Waals surface area contributed by atoms with Gasteiger partial charge >= 0.3 is 5.97 Å². The Morgan fingerprint density at radius 2 is 1.69 bits per heavy atom. The van der Waals surface area contributed by atoms with E-state index >= 15 is 0 Å². The van der Waals surface area contributed by atoms with Crippen LogP contribution in [-0.2, 0) is 9.53 Å². The van der Waals surface area contributed by atoms with E-state index in [1.54, 1.807) is 60.9 Å². The lowest BCUT2D eigenvalue weighted by atomic mass is 10.1. The van der Waals surface area contributed by atoms with E-state index in [-0.39, 0.29) is 5.78 Å². The third-order valence-electron chi connectivity index (χ3n) is 3.79. The van der Waals surface area contributed by atoms with Crippen LogP contribution in [0.1, 0.15) is 27.6 Å². The highest BCUT2D eigenvalue weighted by molar-refractivity contribution is 5.98. The Balaban J connectivity index is 1.57. The second kappa shape index (κ2) is 7.57. The van der Waals surface area contributed by atoms with Gasteiger partial charge in [0.25, 0.3) is 5.91 Å². The molecule has 1 aromatic heterocycles. The number of aromatic nitrogens is 1. The van der Waals surface area contributed by atoms with Crippen molar-refractivity contribution in [3.05, 3.63) is 72.1 Å². The van der Waals surface area contributed by atoms with Crippen molar-refractivity contribution in [1.82, 2.24) is 4.98 Å². The van der Waals surface area contributed by atoms with E-state index in [4.69, 9.17) is 4.74 Å². The number of rotatable bonds is 5. The molecule has 0 fully saturated rings. The zero-order valence-electron chi connectivity index (χ0n) is 14.1. The van der Waals surface area contributed by atoms with Crippen LogP contribution in [-0.4, -0.2) is 29.3 Å². The molecule has 3 aromatic rings. The van der Waals surface area contributed by atoms with Crippen molar-refractivity contribution < 1.29 is 19.1 Å². The molecule has 2 aromatic carbocycles. The van der Waals surface area contributed by atoms with Crippen LogP contribution in [0.3, 0.4) is 0 Å². The number of nitrogens with one attached hydrogen (secondary N) is 1. The summed E-state index contributed by atoms with van der Waals surface area (Å²) in [4.78, 5) is 39.3. The van der Waals surface area contributed by atoms with E-state index in [1.807, 2.05) is 0 Å². The highest BCUT2D eigenvalue weighted by atomic mass is 16.5. The van der Waals surface area contributed by atoms with E-state index in [0.29, 0.717) is 16.8 Å². The van der Waals surface area contributed by atoms with Gasteiger partial charge in [-0.15, -0.1) is 0 Å². The van der Waals surface area contributed by atoms with Gasteiger partial charge in [-0.3, -0.25) is 14.6 Å². The minimum absolute atomic E-state index is 0.0528. The Hall–Kier alpha value is -3.54. The molecule has 0 radical (unpaired) electrons. The van der Waals surface area contributed by atoms with Crippen LogP contribution in [0.2, 0.25) is 0 Å². The average Bonchev–Trinajstić information content (AvgIpc) is 2.66. The summed E-state index contributed by atoms with van der Waals surface area (Å²) < 4.78 is 5.05. The van der Waals surface area contributed by atoms with E-state index in [1.165, 1.54) is 6.92 Å². The molecule has 1 amide bonds. The minimum Gasteiger partial charge on any atom is -0.452 e. The summed E-state index contributed by atoms with van der Waals surface area (Å²) in [6.45, 7) is 1.07. The maximum Gasteiger partial charge on any atom is 0.338 e. The molecule has 26 heavy (non-hydrogen) atoms. The van der Waals surface area contributed by atoms with Gasteiger partial charge in [-0.2, -0.15) is 0 Å². The number of ether oxygens (including phenoxy) is 1. The monoisotopic (exact) mass is 348 g/mol. The zero-order chi connectivity index (χ0) is 18.5. The summed E-state index contributed by atoms with van der Waals surface area (Å²) in [5.74, 6) is -1.09. The standard InChI is InChI=1S/C20H16N2O4/c1-13(23)14-4-6-18(7-5-14)22-19(24)12-26-20(25)16-2-3-17-11-21-9-8-15(17)10-16/h2-11H,12H2,1H3,(H,22,24). The fraction of sp³-hybridized carbons (Fsp3) is 0.100. The molecule has 0 aliphatic carbocycles. The number of anilines is 1. The Kier molecular flexibility index (Phi) is 5.03. The second-order valence-electron chi connectivity index (χ2n) is 5.70. The number of ketones is 1. The number of nitrogens with zero attached hydrogens (tertiary/aromatic N) is 1. The third kappa shape index (κ3) is 4.10. The Labute approximate surface area is 149 Å². The van der Waals surface area contributed by atoms with Crippen molar-refractivity contribution in [2.24, 2.45) is 0 Å². The van der Waals surface area contributed by atoms with Crippen LogP contribution < -0.4 is 5.32 Å². The molecule has 0 bridgehead atoms. The highest BCUT2D eigenvalue weighted by Gasteiger charge is 2.11. The SMILES string of the molecule is CC(=O)c1ccc(NC(=O)COC(=O)c2ccc3cnccc3c2)cc1. The predicted octanol–water partition coefficient (Wildman–Crippen LogP) is 3.23. The highest BCUT2D eigenvalue weighted by Crippen LogP contribution is 2.15. The summed E-state index contributed by atoms with van der Waals surface area (Å²) >= 11 is 0. The molecule has 0 saturated carbocycles. The molecular weight excluding hydrogens is 332 g/mol. The van der Waals surface area contributed by atoms with Gasteiger partial charge in [-0.05, 0) is 54.8 Å². The molecule has 1 heterocycles. The van der Waals surface area contributed by atoms with Gasteiger partial charge in [0, 0.05) is 29.0 Å². The van der Waals surface area contributed by atoms with E-state index in [0.717, 1.165) is 10.8 Å². The van der Waals surface area contributed by atoms with Crippen molar-refractivity contribution in [3.63, 3.8) is 0 Å². The Morgan fingerprint density at radius 3 is 2.42 bits per heavy atom. The van der Waals surface area contributed by atoms with E-state index < -0.39 is 18.5 Å². The Morgan fingerprint density at radius 1 is 0.962 bits per heavy atom. The smallest absolute Gasteiger partial charge is 0.338 e. The number of benzene rings is 2. The van der Waals surface area contributed by atoms with Gasteiger partial charge in [0.05, 0.1) is 5.56 Å². The minimum atomic E-state index is -0.578. The topological polar surface area (TPSA) is 85.4 Å². The average molecular weight is 348 g/mol. The predicted molar refractivity (Wildman–Crippen MR) is 97.1 cm³/mol. The number of Topliss-reactive ketones (excluding diaryl/α,β-unsaturated/α-hetero) is 1. The summed E-state index contributed by atoms with van der Waals surface area (Å²) in [6.07, 6.45) is 3.34. The van der Waals surface area contributed by atoms with Crippen LogP contribution in [0, 0.1) is 0 Å². The third-order valence-corrected chi connectivity index (χ3v) is 3.79. The molecule has 6 nitrogen and oxygen atoms in total. The number of hydrogen-bond donors (Lipinski definition) is 1. The lowest BCUT2D eigenvalue weighted by Gasteiger charge is -2.07. The molecule has 0 saturated heterocycles. The lowest BCUT2D eigenvalue weighted by molar-refractivity contribution is -0.119. The normalized spacial score (nSPS) is 10.3. The van der Waals surface area contributed by atoms with Crippen molar-refractivity contribution in [3.8, 4) is 0 Å². The molecule has 0 aliphatic rings. The molecule has 0 unspecified atom stereocenters. The number of carbonyl (C=O) groups is 3. The molecule has 0 spiro atoms. The first-order valence-electron chi connectivity index (χ1n) is 7.95. The molecule has 1 N–H and O–H groups in total. The fourth-order valence-corrected chi connectivity index (χ4v) is 2.41. The summed E-state index contributed by atoms with van der Waals surface area (Å²) in [6, 6.07) is 13.4. The summed E-state index contributed by atoms with van der Waals surface area (Å²) in [5.41, 5.74) is 1.44. The molecule has 0 aliphatic heterocycles. The number of amides is 1. The molecule has 6 heteroatoms. The number of fused-ring (bicyclic) bond motifs is 1. The van der Waals surface area contributed by atoms with Gasteiger partial charge in [0.15, 0.2) is 12.4 Å². The van der Waals surface area contributed by atoms with Gasteiger partial charge in [-0.1, -0.05) is 6.07 Å². The van der Waals surface area contributed by atoms with Gasteiger partial charge < -0.3 is 10.1 Å². The van der Waals surface area contributed by atoms with Crippen molar-refractivity contribution in [1.29, 1.82) is 0 Å². The maximum absolute atomic E-state index is 12.1. The summed E-state index contributed by atoms with van der Waals surface area (Å²) in [7, 11) is 0. The van der Waals surface area contributed by atoms with Crippen LogP contribution in [0.25, 0.3) is 10.8 Å². The Bertz CT molecular complexity index is 981. The molecular formula is C20H16N2O4. The quantitative estimate of drug-likeness (QED) is 0.565. The first kappa shape index (κ1) is 17.3. The number of esters is 1. The molecule has 0 atom stereocenters. The van der Waals surface area contributed by atoms with Crippen molar-refractivity contribution in [2.75, 3.05) is 11.9 Å². The van der Waals surface area contributed by atoms with Crippen molar-refractivity contribution >= 4 is 34.1 Å². The first-order chi connectivity index (χ1) is 12.5. The van der Waals surface area contributed by atoms with Gasteiger partial charge in [0.1, 0.15) is 0 Å². The van der Waals surface area contributed by atoms with Crippen LogP contribution in [0.5, 0.6) is 0 Å². The maximum atomic E-state index is 12.1. The fourth-order valence-electron chi connectivity index (χ4n) is 2.41. The van der Waals surface area contributed by atoms with Crippen molar-refractivity contribution in [2.45, 2.75) is 6.92 Å². The van der Waals surface area contributed by atoms with Crippen LogP contribution in [0.4, 0.5) is 5.69 Å². The summed E-state index contributed by atoms with van der Waals surface area (Å²) in [5, 5.41) is 4.39. The van der Waals surface area contributed by atoms with E-state index in [2.05, 4.69) is 10.3 Å². The first-order valence-corrected chi connectivity index (χ1v) is 7.95. The van der Waals surface area contributed by atoms with Crippen LogP contribution >= 0.6 is 0 Å². The number of pyridine rings is 1. The largest absolute Gasteiger partial charge is 0.452 e. The lowest BCUT2D eigenvalue weighted by Crippen LogP contribution is -2.20. The van der Waals surface area contributed by atoms with Gasteiger partial charge in [-0.25, -0.2) is 4.79 Å². The number of carbonyl (C=O) groups excluding carboxylic acids is 3. The van der Waals surface area contributed by atoms with Gasteiger partial charge in [0.2, 0.25) is 0 Å². The molecule has 130 valence electrons. The second-order valence-corrected chi connectivity index (χ2v) is 5.70. The van der Waals surface area contributed by atoms with E-state index in [9.17, 15) is 14.4 Å². The van der Waals surface area contributed by atoms with Crippen LogP contribution in [0.15, 0.2) is 60.9 Å². The zero-order valence-corrected chi connectivity index (χ0v) is 14.1. The molecule has 3 rings (SSSR count).